The maximum atomic E-state index is 15.2. The Morgan fingerprint density at radius 3 is 2.21 bits per heavy atom. The highest BCUT2D eigenvalue weighted by molar-refractivity contribution is 5.66. The maximum Gasteiger partial charge on any atom is 0.194 e. The molecule has 0 radical (unpaired) electrons. The molecule has 174 valence electrons. The molecule has 0 fully saturated rings. The monoisotopic (exact) mass is 462 g/mol. The van der Waals surface area contributed by atoms with Crippen molar-refractivity contribution in [1.82, 2.24) is 0 Å². The number of aryl methyl sites for hydroxylation is 1. The van der Waals surface area contributed by atoms with Crippen molar-refractivity contribution < 1.29 is 26.3 Å². The lowest BCUT2D eigenvalue weighted by Crippen LogP contribution is -2.16. The lowest BCUT2D eigenvalue weighted by atomic mass is 9.78. The Balaban J connectivity index is 1.60. The Bertz CT molecular complexity index is 1160. The number of unbranched alkanes of at least 4 members (excludes halogenated alkanes) is 2. The summed E-state index contributed by atoms with van der Waals surface area (Å²) in [6.45, 7) is 2.04. The van der Waals surface area contributed by atoms with Gasteiger partial charge in [-0.3, -0.25) is 0 Å². The van der Waals surface area contributed by atoms with Crippen molar-refractivity contribution in [3.8, 4) is 11.1 Å². The van der Waals surface area contributed by atoms with Crippen LogP contribution < -0.4 is 0 Å². The quantitative estimate of drug-likeness (QED) is 0.197. The molecule has 0 aromatic heterocycles. The van der Waals surface area contributed by atoms with Gasteiger partial charge in [-0.15, -0.1) is 0 Å². The predicted molar refractivity (Wildman–Crippen MR) is 116 cm³/mol. The molecule has 3 aromatic carbocycles. The van der Waals surface area contributed by atoms with Crippen LogP contribution in [0.4, 0.5) is 26.3 Å². The van der Waals surface area contributed by atoms with E-state index >= 15 is 4.39 Å². The summed E-state index contributed by atoms with van der Waals surface area (Å²) < 4.78 is 85.2. The largest absolute Gasteiger partial charge is 0.206 e. The molecule has 0 heterocycles. The van der Waals surface area contributed by atoms with Gasteiger partial charge in [-0.1, -0.05) is 44.0 Å². The average Bonchev–Trinajstić information content (AvgIpc) is 2.80. The topological polar surface area (TPSA) is 0 Å². The molecule has 0 amide bonds. The Morgan fingerprint density at radius 1 is 0.788 bits per heavy atom. The third kappa shape index (κ3) is 4.53. The number of halogens is 6. The molecule has 33 heavy (non-hydrogen) atoms. The van der Waals surface area contributed by atoms with E-state index in [1.54, 1.807) is 18.2 Å². The molecule has 0 N–H and O–H groups in total. The third-order valence-electron chi connectivity index (χ3n) is 6.53. The van der Waals surface area contributed by atoms with Crippen LogP contribution in [0.25, 0.3) is 11.1 Å². The van der Waals surface area contributed by atoms with Crippen molar-refractivity contribution in [1.29, 1.82) is 0 Å². The zero-order chi connectivity index (χ0) is 23.7. The van der Waals surface area contributed by atoms with Gasteiger partial charge in [0.2, 0.25) is 0 Å². The molecule has 0 nitrogen and oxygen atoms in total. The van der Waals surface area contributed by atoms with Crippen LogP contribution >= 0.6 is 0 Å². The highest BCUT2D eigenvalue weighted by Gasteiger charge is 2.28. The second-order valence-corrected chi connectivity index (χ2v) is 8.66. The van der Waals surface area contributed by atoms with Gasteiger partial charge in [0.25, 0.3) is 0 Å². The minimum Gasteiger partial charge on any atom is -0.206 e. The lowest BCUT2D eigenvalue weighted by molar-refractivity contribution is 0.447. The smallest absolute Gasteiger partial charge is 0.194 e. The van der Waals surface area contributed by atoms with Crippen LogP contribution in [0.2, 0.25) is 0 Å². The second-order valence-electron chi connectivity index (χ2n) is 8.66. The van der Waals surface area contributed by atoms with Crippen LogP contribution in [0.1, 0.15) is 60.8 Å². The fourth-order valence-electron chi connectivity index (χ4n) is 4.69. The summed E-state index contributed by atoms with van der Waals surface area (Å²) in [6.07, 6.45) is 4.23. The van der Waals surface area contributed by atoms with Crippen molar-refractivity contribution in [3.63, 3.8) is 0 Å². The summed E-state index contributed by atoms with van der Waals surface area (Å²) >= 11 is 0. The Hall–Kier alpha value is -2.76. The van der Waals surface area contributed by atoms with Crippen LogP contribution in [-0.2, 0) is 19.3 Å². The highest BCUT2D eigenvalue weighted by atomic mass is 19.2. The summed E-state index contributed by atoms with van der Waals surface area (Å²) in [4.78, 5) is 0. The van der Waals surface area contributed by atoms with Gasteiger partial charge in [0, 0.05) is 5.56 Å². The van der Waals surface area contributed by atoms with Crippen LogP contribution in [0.15, 0.2) is 36.4 Å². The van der Waals surface area contributed by atoms with E-state index in [9.17, 15) is 22.0 Å². The molecular formula is C27H24F6. The first kappa shape index (κ1) is 23.4. The van der Waals surface area contributed by atoms with E-state index < -0.39 is 34.9 Å². The van der Waals surface area contributed by atoms with E-state index in [1.165, 1.54) is 6.07 Å². The zero-order valence-corrected chi connectivity index (χ0v) is 18.3. The lowest BCUT2D eigenvalue weighted by Gasteiger charge is -2.27. The molecule has 0 saturated heterocycles. The van der Waals surface area contributed by atoms with Gasteiger partial charge < -0.3 is 0 Å². The summed E-state index contributed by atoms with van der Waals surface area (Å²) in [5.74, 6) is -6.97. The van der Waals surface area contributed by atoms with Gasteiger partial charge in [-0.2, -0.15) is 0 Å². The van der Waals surface area contributed by atoms with E-state index in [2.05, 4.69) is 0 Å². The first-order valence-electron chi connectivity index (χ1n) is 11.2. The second kappa shape index (κ2) is 9.62. The zero-order valence-electron chi connectivity index (χ0n) is 18.3. The molecule has 0 bridgehead atoms. The number of benzene rings is 3. The third-order valence-corrected chi connectivity index (χ3v) is 6.53. The molecule has 1 atom stereocenters. The fraction of sp³-hybridized carbons (Fsp3) is 0.333. The number of rotatable bonds is 6. The van der Waals surface area contributed by atoms with Gasteiger partial charge >= 0.3 is 0 Å². The molecule has 0 saturated carbocycles. The van der Waals surface area contributed by atoms with Gasteiger partial charge in [0.1, 0.15) is 5.82 Å². The van der Waals surface area contributed by atoms with E-state index in [0.717, 1.165) is 31.4 Å². The van der Waals surface area contributed by atoms with E-state index in [4.69, 9.17) is 0 Å². The molecule has 3 aromatic rings. The van der Waals surface area contributed by atoms with Gasteiger partial charge in [0.05, 0.1) is 0 Å². The van der Waals surface area contributed by atoms with Crippen LogP contribution in [0.5, 0.6) is 0 Å². The normalized spacial score (nSPS) is 15.5. The van der Waals surface area contributed by atoms with Crippen LogP contribution in [0, 0.1) is 34.9 Å². The Labute approximate surface area is 189 Å². The van der Waals surface area contributed by atoms with E-state index in [0.29, 0.717) is 36.0 Å². The molecule has 4 rings (SSSR count). The number of hydrogen-bond acceptors (Lipinski definition) is 0. The predicted octanol–water partition coefficient (Wildman–Crippen LogP) is 8.19. The maximum absolute atomic E-state index is 15.2. The molecule has 1 aliphatic rings. The van der Waals surface area contributed by atoms with Crippen molar-refractivity contribution in [2.24, 2.45) is 0 Å². The minimum atomic E-state index is -1.61. The van der Waals surface area contributed by atoms with Crippen LogP contribution in [0.3, 0.4) is 0 Å². The fourth-order valence-corrected chi connectivity index (χ4v) is 4.69. The molecule has 6 heteroatoms. The van der Waals surface area contributed by atoms with E-state index in [1.807, 2.05) is 6.92 Å². The average molecular weight is 462 g/mol. The Kier molecular flexibility index (Phi) is 6.82. The minimum absolute atomic E-state index is 0.0290. The summed E-state index contributed by atoms with van der Waals surface area (Å²) in [7, 11) is 0. The molecule has 0 aliphatic heterocycles. The van der Waals surface area contributed by atoms with Crippen molar-refractivity contribution in [2.45, 2.75) is 57.8 Å². The van der Waals surface area contributed by atoms with Crippen molar-refractivity contribution >= 4 is 0 Å². The van der Waals surface area contributed by atoms with E-state index in [-0.39, 0.29) is 29.0 Å². The molecule has 1 aliphatic carbocycles. The summed E-state index contributed by atoms with van der Waals surface area (Å²) in [5, 5.41) is 0. The Morgan fingerprint density at radius 2 is 1.52 bits per heavy atom. The highest BCUT2D eigenvalue weighted by Crippen LogP contribution is 2.39. The van der Waals surface area contributed by atoms with Gasteiger partial charge in [0.15, 0.2) is 29.1 Å². The van der Waals surface area contributed by atoms with Gasteiger partial charge in [-0.25, -0.2) is 26.3 Å². The molecular weight excluding hydrogens is 438 g/mol. The first-order valence-corrected chi connectivity index (χ1v) is 11.2. The first-order chi connectivity index (χ1) is 15.8. The molecule has 0 spiro atoms. The van der Waals surface area contributed by atoms with Crippen LogP contribution in [-0.4, -0.2) is 0 Å². The SMILES string of the molecule is CCCCCc1ccc(C2CCc3c(ccc(-c4cc(F)c(F)c(F)c4)c3F)C2)c(F)c1F. The van der Waals surface area contributed by atoms with Crippen molar-refractivity contribution in [3.05, 3.63) is 93.6 Å². The number of fused-ring (bicyclic) bond motifs is 1. The molecule has 1 unspecified atom stereocenters. The summed E-state index contributed by atoms with van der Waals surface area (Å²) in [5.41, 5.74) is 1.55. The van der Waals surface area contributed by atoms with Gasteiger partial charge in [-0.05, 0) is 78.0 Å². The standard InChI is InChI=1S/C27H24F6/c1-2-3-4-5-15-6-9-20(26(32)24(15)30)17-7-10-19-16(12-17)8-11-21(25(19)31)18-13-22(28)27(33)23(29)14-18/h6,8-9,11,13-14,17H,2-5,7,10,12H2,1H3. The number of hydrogen-bond donors (Lipinski definition) is 0. The van der Waals surface area contributed by atoms with Crippen molar-refractivity contribution in [2.75, 3.05) is 0 Å². The summed E-state index contributed by atoms with van der Waals surface area (Å²) in [6, 6.07) is 7.80.